The van der Waals surface area contributed by atoms with Gasteiger partial charge in [0.2, 0.25) is 0 Å². The second-order valence-electron chi connectivity index (χ2n) is 6.76. The Morgan fingerprint density at radius 3 is 2.96 bits per heavy atom. The number of nitrogens with one attached hydrogen (secondary N) is 2. The highest BCUT2D eigenvalue weighted by atomic mass is 16.5. The van der Waals surface area contributed by atoms with Crippen molar-refractivity contribution in [3.05, 3.63) is 41.2 Å². The number of ether oxygens (including phenoxy) is 2. The lowest BCUT2D eigenvalue weighted by molar-refractivity contribution is 0.254. The largest absolute Gasteiger partial charge is 0.494 e. The lowest BCUT2D eigenvalue weighted by Crippen LogP contribution is -2.37. The normalized spacial score (nSPS) is 16.0. The highest BCUT2D eigenvalue weighted by Gasteiger charge is 2.21. The van der Waals surface area contributed by atoms with Crippen molar-refractivity contribution in [1.82, 2.24) is 20.4 Å². The molecule has 0 saturated heterocycles. The zero-order valence-electron chi connectivity index (χ0n) is 16.6. The molecule has 2 aromatic rings. The highest BCUT2D eigenvalue weighted by Crippen LogP contribution is 2.35. The molecule has 0 saturated carbocycles. The van der Waals surface area contributed by atoms with Crippen molar-refractivity contribution in [2.75, 3.05) is 20.2 Å². The molecule has 0 spiro atoms. The van der Waals surface area contributed by atoms with E-state index in [0.29, 0.717) is 13.2 Å². The second-order valence-corrected chi connectivity index (χ2v) is 6.76. The Labute approximate surface area is 160 Å². The third kappa shape index (κ3) is 4.93. The molecule has 0 aliphatic carbocycles. The van der Waals surface area contributed by atoms with Crippen molar-refractivity contribution >= 4 is 5.96 Å². The number of fused-ring (bicyclic) bond motifs is 1. The van der Waals surface area contributed by atoms with Gasteiger partial charge >= 0.3 is 0 Å². The van der Waals surface area contributed by atoms with Crippen molar-refractivity contribution in [3.8, 4) is 11.5 Å². The summed E-state index contributed by atoms with van der Waals surface area (Å²) in [5, 5.41) is 10.9. The van der Waals surface area contributed by atoms with E-state index in [-0.39, 0.29) is 6.10 Å². The van der Waals surface area contributed by atoms with Crippen LogP contribution in [-0.4, -0.2) is 42.0 Å². The van der Waals surface area contributed by atoms with Gasteiger partial charge in [-0.1, -0.05) is 0 Å². The Morgan fingerprint density at radius 2 is 2.26 bits per heavy atom. The minimum Gasteiger partial charge on any atom is -0.494 e. The maximum absolute atomic E-state index is 5.89. The number of aryl methyl sites for hydroxylation is 1. The first kappa shape index (κ1) is 19.1. The summed E-state index contributed by atoms with van der Waals surface area (Å²) >= 11 is 0. The van der Waals surface area contributed by atoms with Crippen LogP contribution in [0.3, 0.4) is 0 Å². The van der Waals surface area contributed by atoms with Gasteiger partial charge in [-0.2, -0.15) is 5.10 Å². The zero-order chi connectivity index (χ0) is 19.2. The van der Waals surface area contributed by atoms with Gasteiger partial charge in [-0.3, -0.25) is 9.67 Å². The predicted molar refractivity (Wildman–Crippen MR) is 107 cm³/mol. The van der Waals surface area contributed by atoms with Crippen molar-refractivity contribution < 1.29 is 9.47 Å². The molecule has 3 rings (SSSR count). The fraction of sp³-hybridized carbons (Fsp3) is 0.500. The van der Waals surface area contributed by atoms with Crippen molar-refractivity contribution in [2.45, 2.75) is 39.3 Å². The molecule has 1 atom stereocenters. The number of benzene rings is 1. The summed E-state index contributed by atoms with van der Waals surface area (Å²) in [6.45, 7) is 6.14. The predicted octanol–water partition coefficient (Wildman–Crippen LogP) is 2.05. The van der Waals surface area contributed by atoms with Crippen LogP contribution in [0.5, 0.6) is 11.5 Å². The zero-order valence-corrected chi connectivity index (χ0v) is 16.6. The summed E-state index contributed by atoms with van der Waals surface area (Å²) in [6, 6.07) is 4.19. The number of hydrogen-bond acceptors (Lipinski definition) is 4. The second kappa shape index (κ2) is 8.79. The van der Waals surface area contributed by atoms with Crippen LogP contribution in [0.15, 0.2) is 29.5 Å². The summed E-state index contributed by atoms with van der Waals surface area (Å²) < 4.78 is 13.5. The summed E-state index contributed by atoms with van der Waals surface area (Å²) in [5.41, 5.74) is 3.48. The van der Waals surface area contributed by atoms with Crippen LogP contribution in [0, 0.1) is 0 Å². The molecule has 1 aromatic carbocycles. The standard InChI is InChI=1S/C20H29N5O2/c1-5-26-18-9-16-8-14(2)27-19(16)10-17(18)12-23-20(21-3)22-7-6-15-11-24-25(4)13-15/h9-11,13-14H,5-8,12H2,1-4H3,(H2,21,22,23). The summed E-state index contributed by atoms with van der Waals surface area (Å²) in [4.78, 5) is 4.30. The maximum atomic E-state index is 5.89. The van der Waals surface area contributed by atoms with Crippen LogP contribution in [0.1, 0.15) is 30.5 Å². The van der Waals surface area contributed by atoms with Crippen molar-refractivity contribution in [1.29, 1.82) is 0 Å². The Hall–Kier alpha value is -2.70. The summed E-state index contributed by atoms with van der Waals surface area (Å²) in [7, 11) is 3.70. The van der Waals surface area contributed by atoms with Gasteiger partial charge in [0, 0.05) is 50.9 Å². The van der Waals surface area contributed by atoms with Gasteiger partial charge < -0.3 is 20.1 Å². The number of nitrogens with zero attached hydrogens (tertiary/aromatic N) is 3. The first-order valence-corrected chi connectivity index (χ1v) is 9.46. The Bertz CT molecular complexity index is 800. The molecule has 2 heterocycles. The van der Waals surface area contributed by atoms with Crippen LogP contribution in [0.2, 0.25) is 0 Å². The van der Waals surface area contributed by atoms with E-state index in [9.17, 15) is 0 Å². The van der Waals surface area contributed by atoms with E-state index in [1.165, 1.54) is 11.1 Å². The van der Waals surface area contributed by atoms with E-state index < -0.39 is 0 Å². The monoisotopic (exact) mass is 371 g/mol. The third-order valence-corrected chi connectivity index (χ3v) is 4.51. The molecule has 7 heteroatoms. The quantitative estimate of drug-likeness (QED) is 0.576. The summed E-state index contributed by atoms with van der Waals surface area (Å²) in [6.07, 6.45) is 5.96. The van der Waals surface area contributed by atoms with Crippen molar-refractivity contribution in [2.24, 2.45) is 12.0 Å². The smallest absolute Gasteiger partial charge is 0.191 e. The summed E-state index contributed by atoms with van der Waals surface area (Å²) in [5.74, 6) is 2.63. The van der Waals surface area contributed by atoms with Crippen LogP contribution < -0.4 is 20.1 Å². The number of aliphatic imine (C=N–C) groups is 1. The Balaban J connectivity index is 1.58. The van der Waals surface area contributed by atoms with E-state index in [0.717, 1.165) is 42.4 Å². The van der Waals surface area contributed by atoms with E-state index in [1.54, 1.807) is 7.05 Å². The van der Waals surface area contributed by atoms with Crippen LogP contribution >= 0.6 is 0 Å². The molecule has 146 valence electrons. The van der Waals surface area contributed by atoms with Crippen molar-refractivity contribution in [3.63, 3.8) is 0 Å². The van der Waals surface area contributed by atoms with E-state index >= 15 is 0 Å². The molecular weight excluding hydrogens is 342 g/mol. The molecule has 1 aliphatic heterocycles. The minimum atomic E-state index is 0.222. The maximum Gasteiger partial charge on any atom is 0.191 e. The van der Waals surface area contributed by atoms with Gasteiger partial charge in [0.15, 0.2) is 5.96 Å². The SMILES string of the molecule is CCOc1cc2c(cc1CNC(=NC)NCCc1cnn(C)c1)OC(C)C2. The number of aromatic nitrogens is 2. The van der Waals surface area contributed by atoms with E-state index in [2.05, 4.69) is 39.8 Å². The molecule has 0 amide bonds. The number of rotatable bonds is 7. The van der Waals surface area contributed by atoms with Gasteiger partial charge in [0.25, 0.3) is 0 Å². The average Bonchev–Trinajstić information content (AvgIpc) is 3.22. The van der Waals surface area contributed by atoms with Crippen LogP contribution in [-0.2, 0) is 26.4 Å². The number of hydrogen-bond donors (Lipinski definition) is 2. The molecular formula is C20H29N5O2. The Kier molecular flexibility index (Phi) is 6.21. The van der Waals surface area contributed by atoms with Gasteiger partial charge in [0.05, 0.1) is 12.8 Å². The van der Waals surface area contributed by atoms with Gasteiger partial charge in [-0.15, -0.1) is 0 Å². The van der Waals surface area contributed by atoms with Gasteiger partial charge in [-0.05, 0) is 38.0 Å². The molecule has 2 N–H and O–H groups in total. The molecule has 0 radical (unpaired) electrons. The highest BCUT2D eigenvalue weighted by molar-refractivity contribution is 5.79. The molecule has 1 aliphatic rings. The molecule has 0 fully saturated rings. The average molecular weight is 371 g/mol. The van der Waals surface area contributed by atoms with Gasteiger partial charge in [-0.25, -0.2) is 0 Å². The van der Waals surface area contributed by atoms with E-state index in [1.807, 2.05) is 31.0 Å². The van der Waals surface area contributed by atoms with Crippen LogP contribution in [0.25, 0.3) is 0 Å². The lowest BCUT2D eigenvalue weighted by Gasteiger charge is -2.15. The fourth-order valence-corrected chi connectivity index (χ4v) is 3.24. The molecule has 1 unspecified atom stereocenters. The molecule has 1 aromatic heterocycles. The minimum absolute atomic E-state index is 0.222. The molecule has 7 nitrogen and oxygen atoms in total. The first-order valence-electron chi connectivity index (χ1n) is 9.46. The van der Waals surface area contributed by atoms with Gasteiger partial charge in [0.1, 0.15) is 17.6 Å². The fourth-order valence-electron chi connectivity index (χ4n) is 3.24. The molecule has 27 heavy (non-hydrogen) atoms. The topological polar surface area (TPSA) is 72.7 Å². The molecule has 0 bridgehead atoms. The van der Waals surface area contributed by atoms with E-state index in [4.69, 9.17) is 9.47 Å². The lowest BCUT2D eigenvalue weighted by atomic mass is 10.1. The first-order chi connectivity index (χ1) is 13.1. The van der Waals surface area contributed by atoms with Crippen LogP contribution in [0.4, 0.5) is 0 Å². The Morgan fingerprint density at radius 1 is 1.41 bits per heavy atom. The third-order valence-electron chi connectivity index (χ3n) is 4.51. The number of guanidine groups is 1.